The van der Waals surface area contributed by atoms with E-state index in [4.69, 9.17) is 11.6 Å². The van der Waals surface area contributed by atoms with E-state index in [2.05, 4.69) is 10.5 Å². The number of nitrogens with one attached hydrogen (secondary N) is 1. The van der Waals surface area contributed by atoms with Gasteiger partial charge in [-0.05, 0) is 31.9 Å². The smallest absolute Gasteiger partial charge is 0.243 e. The van der Waals surface area contributed by atoms with E-state index in [1.807, 2.05) is 19.1 Å². The second-order valence-electron chi connectivity index (χ2n) is 4.61. The number of carbonyl (C=O) groups is 1. The molecule has 0 radical (unpaired) electrons. The van der Waals surface area contributed by atoms with Crippen LogP contribution in [0, 0.1) is 5.92 Å². The minimum atomic E-state index is 0.0525. The van der Waals surface area contributed by atoms with Crippen molar-refractivity contribution in [2.45, 2.75) is 39.0 Å². The highest BCUT2D eigenvalue weighted by atomic mass is 35.5. The van der Waals surface area contributed by atoms with Crippen molar-refractivity contribution in [1.29, 1.82) is 0 Å². The van der Waals surface area contributed by atoms with E-state index in [1.54, 1.807) is 0 Å². The molecule has 1 heterocycles. The summed E-state index contributed by atoms with van der Waals surface area (Å²) in [6.45, 7) is 1.88. The zero-order chi connectivity index (χ0) is 13.0. The Bertz CT molecular complexity index is 450. The van der Waals surface area contributed by atoms with E-state index in [9.17, 15) is 4.79 Å². The average molecular weight is 285 g/mol. The predicted octanol–water partition coefficient (Wildman–Crippen LogP) is 3.82. The monoisotopic (exact) mass is 284 g/mol. The molecule has 98 valence electrons. The van der Waals surface area contributed by atoms with Crippen molar-refractivity contribution in [3.05, 3.63) is 21.3 Å². The SMILES string of the molecule is C/C(=N/NC(=O)C1CCCCC1)c1ccc(Cl)s1. The van der Waals surface area contributed by atoms with Crippen molar-refractivity contribution < 1.29 is 4.79 Å². The van der Waals surface area contributed by atoms with Crippen LogP contribution in [-0.4, -0.2) is 11.6 Å². The van der Waals surface area contributed by atoms with Gasteiger partial charge >= 0.3 is 0 Å². The Labute approximate surface area is 116 Å². The molecule has 1 aliphatic carbocycles. The molecule has 0 aromatic carbocycles. The fourth-order valence-electron chi connectivity index (χ4n) is 2.16. The molecule has 0 unspecified atom stereocenters. The highest BCUT2D eigenvalue weighted by Crippen LogP contribution is 2.24. The third kappa shape index (κ3) is 3.56. The standard InChI is InChI=1S/C13H17ClN2OS/c1-9(11-7-8-12(14)18-11)15-16-13(17)10-5-3-2-4-6-10/h7-8,10H,2-6H2,1H3,(H,16,17)/b15-9-. The van der Waals surface area contributed by atoms with Crippen molar-refractivity contribution in [2.24, 2.45) is 11.0 Å². The van der Waals surface area contributed by atoms with Crippen LogP contribution in [0.25, 0.3) is 0 Å². The third-order valence-electron chi connectivity index (χ3n) is 3.24. The van der Waals surface area contributed by atoms with Crippen LogP contribution in [0.5, 0.6) is 0 Å². The molecular formula is C13H17ClN2OS. The number of amides is 1. The Morgan fingerprint density at radius 1 is 1.39 bits per heavy atom. The maximum Gasteiger partial charge on any atom is 0.243 e. The molecule has 1 aromatic rings. The van der Waals surface area contributed by atoms with Crippen LogP contribution in [0.3, 0.4) is 0 Å². The molecule has 5 heteroatoms. The molecule has 2 rings (SSSR count). The van der Waals surface area contributed by atoms with E-state index in [0.717, 1.165) is 40.6 Å². The molecule has 0 saturated heterocycles. The Balaban J connectivity index is 1.91. The van der Waals surface area contributed by atoms with Gasteiger partial charge in [0.2, 0.25) is 5.91 Å². The van der Waals surface area contributed by atoms with Crippen LogP contribution in [-0.2, 0) is 4.79 Å². The average Bonchev–Trinajstić information content (AvgIpc) is 2.83. The summed E-state index contributed by atoms with van der Waals surface area (Å²) in [6, 6.07) is 3.75. The Morgan fingerprint density at radius 3 is 2.72 bits per heavy atom. The fourth-order valence-corrected chi connectivity index (χ4v) is 3.15. The summed E-state index contributed by atoms with van der Waals surface area (Å²) in [5.41, 5.74) is 3.47. The molecule has 0 spiro atoms. The number of carbonyl (C=O) groups excluding carboxylic acids is 1. The Hall–Kier alpha value is -0.870. The maximum atomic E-state index is 11.9. The van der Waals surface area contributed by atoms with Crippen LogP contribution >= 0.6 is 22.9 Å². The second-order valence-corrected chi connectivity index (χ2v) is 6.33. The lowest BCUT2D eigenvalue weighted by Gasteiger charge is -2.19. The lowest BCUT2D eigenvalue weighted by atomic mass is 9.89. The largest absolute Gasteiger partial charge is 0.273 e. The minimum absolute atomic E-state index is 0.0525. The molecule has 0 aliphatic heterocycles. The van der Waals surface area contributed by atoms with Gasteiger partial charge in [0.25, 0.3) is 0 Å². The first-order valence-corrected chi connectivity index (χ1v) is 7.46. The normalized spacial score (nSPS) is 17.8. The number of nitrogens with zero attached hydrogens (tertiary/aromatic N) is 1. The summed E-state index contributed by atoms with van der Waals surface area (Å²) in [6.07, 6.45) is 5.54. The number of hydrazone groups is 1. The van der Waals surface area contributed by atoms with Gasteiger partial charge in [0.05, 0.1) is 14.9 Å². The van der Waals surface area contributed by atoms with Gasteiger partial charge in [-0.25, -0.2) is 5.43 Å². The molecule has 1 fully saturated rings. The van der Waals surface area contributed by atoms with Crippen LogP contribution in [0.1, 0.15) is 43.9 Å². The van der Waals surface area contributed by atoms with Crippen molar-refractivity contribution in [2.75, 3.05) is 0 Å². The summed E-state index contributed by atoms with van der Waals surface area (Å²) in [4.78, 5) is 12.9. The summed E-state index contributed by atoms with van der Waals surface area (Å²) < 4.78 is 0.734. The highest BCUT2D eigenvalue weighted by Gasteiger charge is 2.20. The van der Waals surface area contributed by atoms with Crippen molar-refractivity contribution in [1.82, 2.24) is 5.43 Å². The molecule has 1 aliphatic rings. The van der Waals surface area contributed by atoms with Crippen LogP contribution in [0.15, 0.2) is 17.2 Å². The van der Waals surface area contributed by atoms with E-state index in [0.29, 0.717) is 0 Å². The first-order chi connectivity index (χ1) is 8.66. The van der Waals surface area contributed by atoms with Gasteiger partial charge in [-0.3, -0.25) is 4.79 Å². The molecule has 0 atom stereocenters. The second kappa shape index (κ2) is 6.34. The summed E-state index contributed by atoms with van der Waals surface area (Å²) >= 11 is 7.33. The lowest BCUT2D eigenvalue weighted by Crippen LogP contribution is -2.29. The van der Waals surface area contributed by atoms with Crippen molar-refractivity contribution in [3.8, 4) is 0 Å². The predicted molar refractivity (Wildman–Crippen MR) is 76.3 cm³/mol. The van der Waals surface area contributed by atoms with Gasteiger partial charge in [0.15, 0.2) is 0 Å². The number of hydrogen-bond acceptors (Lipinski definition) is 3. The van der Waals surface area contributed by atoms with Gasteiger partial charge < -0.3 is 0 Å². The number of rotatable bonds is 3. The third-order valence-corrected chi connectivity index (χ3v) is 4.58. The molecule has 3 nitrogen and oxygen atoms in total. The molecule has 1 amide bonds. The summed E-state index contributed by atoms with van der Waals surface area (Å²) in [5, 5.41) is 4.15. The van der Waals surface area contributed by atoms with Gasteiger partial charge in [0, 0.05) is 5.92 Å². The van der Waals surface area contributed by atoms with Gasteiger partial charge in [0.1, 0.15) is 0 Å². The molecule has 1 N–H and O–H groups in total. The molecule has 1 saturated carbocycles. The zero-order valence-corrected chi connectivity index (χ0v) is 12.0. The molecular weight excluding hydrogens is 268 g/mol. The van der Waals surface area contributed by atoms with Gasteiger partial charge in [-0.2, -0.15) is 5.10 Å². The minimum Gasteiger partial charge on any atom is -0.273 e. The Kier molecular flexibility index (Phi) is 4.78. The molecule has 18 heavy (non-hydrogen) atoms. The van der Waals surface area contributed by atoms with Crippen LogP contribution < -0.4 is 5.43 Å². The first-order valence-electron chi connectivity index (χ1n) is 6.26. The highest BCUT2D eigenvalue weighted by molar-refractivity contribution is 7.18. The summed E-state index contributed by atoms with van der Waals surface area (Å²) in [5.74, 6) is 0.193. The maximum absolute atomic E-state index is 11.9. The fraction of sp³-hybridized carbons (Fsp3) is 0.538. The van der Waals surface area contributed by atoms with E-state index in [1.165, 1.54) is 17.8 Å². The van der Waals surface area contributed by atoms with E-state index < -0.39 is 0 Å². The first kappa shape index (κ1) is 13.6. The Morgan fingerprint density at radius 2 is 2.11 bits per heavy atom. The lowest BCUT2D eigenvalue weighted by molar-refractivity contribution is -0.125. The molecule has 0 bridgehead atoms. The topological polar surface area (TPSA) is 41.5 Å². The van der Waals surface area contributed by atoms with Gasteiger partial charge in [-0.15, -0.1) is 11.3 Å². The number of halogens is 1. The van der Waals surface area contributed by atoms with E-state index in [-0.39, 0.29) is 11.8 Å². The quantitative estimate of drug-likeness (QED) is 0.665. The number of thiophene rings is 1. The van der Waals surface area contributed by atoms with Crippen molar-refractivity contribution >= 4 is 34.6 Å². The van der Waals surface area contributed by atoms with E-state index >= 15 is 0 Å². The zero-order valence-electron chi connectivity index (χ0n) is 10.4. The van der Waals surface area contributed by atoms with Gasteiger partial charge in [-0.1, -0.05) is 30.9 Å². The van der Waals surface area contributed by atoms with Crippen LogP contribution in [0.4, 0.5) is 0 Å². The summed E-state index contributed by atoms with van der Waals surface area (Å²) in [7, 11) is 0. The number of hydrogen-bond donors (Lipinski definition) is 1. The molecule has 1 aromatic heterocycles. The van der Waals surface area contributed by atoms with Crippen molar-refractivity contribution in [3.63, 3.8) is 0 Å². The van der Waals surface area contributed by atoms with Crippen LogP contribution in [0.2, 0.25) is 4.34 Å².